The first-order valence-electron chi connectivity index (χ1n) is 13.5. The van der Waals surface area contributed by atoms with Crippen LogP contribution in [0.15, 0.2) is 47.6 Å². The standard InChI is InChI=1S/C30H42O6/c1-6-7-8-9-10-11-12-13-23(32)36-27-18(2)16-29-19(3)14-22-24(28(22,4)5)21(26(29)34)15-20(17-31)25(33)30(27,29)35/h10-13,15-16,19,21-22,24-25,27,31,33,35H,6-9,14,17H2,1-5H3/b11-10+,13-12+/t19-,21?,22-,24+,25-,27+,29?,30+/m1/s1. The fourth-order valence-electron chi connectivity index (χ4n) is 7.57. The number of aliphatic hydroxyl groups excluding tert-OH is 2. The number of hydrogen-bond acceptors (Lipinski definition) is 6. The third-order valence-corrected chi connectivity index (χ3v) is 9.58. The number of Topliss-reactive ketones (excluding diaryl/α,β-unsaturated/α-hetero) is 1. The zero-order chi connectivity index (χ0) is 26.5. The van der Waals surface area contributed by atoms with Gasteiger partial charge in [-0.1, -0.05) is 70.9 Å². The summed E-state index contributed by atoms with van der Waals surface area (Å²) < 4.78 is 5.76. The number of rotatable bonds is 8. The van der Waals surface area contributed by atoms with Gasteiger partial charge in [0, 0.05) is 12.0 Å². The van der Waals surface area contributed by atoms with Gasteiger partial charge in [0.15, 0.2) is 17.5 Å². The number of ketones is 1. The first-order chi connectivity index (χ1) is 17.0. The average Bonchev–Trinajstić information content (AvgIpc) is 3.32. The van der Waals surface area contributed by atoms with Gasteiger partial charge in [0.1, 0.15) is 6.10 Å². The molecule has 1 spiro atoms. The summed E-state index contributed by atoms with van der Waals surface area (Å²) in [6.07, 6.45) is 12.4. The van der Waals surface area contributed by atoms with Gasteiger partial charge in [-0.25, -0.2) is 4.79 Å². The lowest BCUT2D eigenvalue weighted by Gasteiger charge is -2.48. The Kier molecular flexibility index (Phi) is 7.28. The molecular weight excluding hydrogens is 456 g/mol. The number of esters is 1. The van der Waals surface area contributed by atoms with Crippen LogP contribution in [0.4, 0.5) is 0 Å². The van der Waals surface area contributed by atoms with E-state index >= 15 is 0 Å². The van der Waals surface area contributed by atoms with Gasteiger partial charge in [-0.05, 0) is 60.5 Å². The number of hydrogen-bond donors (Lipinski definition) is 3. The van der Waals surface area contributed by atoms with Crippen LogP contribution in [0.1, 0.15) is 66.7 Å². The van der Waals surface area contributed by atoms with Crippen molar-refractivity contribution < 1.29 is 29.6 Å². The minimum atomic E-state index is -2.10. The van der Waals surface area contributed by atoms with Crippen LogP contribution in [0, 0.1) is 34.5 Å². The van der Waals surface area contributed by atoms with Gasteiger partial charge in [-0.15, -0.1) is 0 Å². The fraction of sp³-hybridized carbons (Fsp3) is 0.667. The number of aliphatic hydroxyl groups is 3. The fourth-order valence-corrected chi connectivity index (χ4v) is 7.57. The Bertz CT molecular complexity index is 1020. The number of allylic oxidation sites excluding steroid dienone is 4. The van der Waals surface area contributed by atoms with Gasteiger partial charge in [-0.3, -0.25) is 4.79 Å². The van der Waals surface area contributed by atoms with E-state index in [1.165, 1.54) is 6.08 Å². The molecule has 0 aliphatic heterocycles. The Hall–Kier alpha value is -2.02. The van der Waals surface area contributed by atoms with E-state index in [1.54, 1.807) is 31.2 Å². The monoisotopic (exact) mass is 498 g/mol. The second-order valence-electron chi connectivity index (χ2n) is 12.0. The number of unbranched alkanes of at least 4 members (excludes halogenated alkanes) is 3. The van der Waals surface area contributed by atoms with Crippen LogP contribution in [-0.2, 0) is 14.3 Å². The van der Waals surface area contributed by atoms with Gasteiger partial charge in [0.05, 0.1) is 12.0 Å². The lowest BCUT2D eigenvalue weighted by atomic mass is 9.59. The first kappa shape index (κ1) is 27.0. The summed E-state index contributed by atoms with van der Waals surface area (Å²) in [6, 6.07) is 0. The van der Waals surface area contributed by atoms with Crippen molar-refractivity contribution in [1.29, 1.82) is 0 Å². The Balaban J connectivity index is 1.66. The second kappa shape index (κ2) is 9.70. The molecule has 4 aliphatic rings. The van der Waals surface area contributed by atoms with Gasteiger partial charge < -0.3 is 20.1 Å². The highest BCUT2D eigenvalue weighted by Gasteiger charge is 2.76. The molecule has 0 saturated heterocycles. The van der Waals surface area contributed by atoms with E-state index in [0.717, 1.165) is 32.1 Å². The molecule has 2 unspecified atom stereocenters. The topological polar surface area (TPSA) is 104 Å². The van der Waals surface area contributed by atoms with Crippen LogP contribution >= 0.6 is 0 Å². The summed E-state index contributed by atoms with van der Waals surface area (Å²) in [5, 5.41) is 34.0. The SMILES string of the molecule is CCCCC/C=C/C=C/C(=O)O[C@H]1C(C)=CC23C(=O)C(C=C(CO)[C@@H](O)[C@]12O)[C@H]1[C@@H](C[C@H]3C)C1(C)C. The smallest absolute Gasteiger partial charge is 0.331 e. The van der Waals surface area contributed by atoms with E-state index in [-0.39, 0.29) is 28.6 Å². The highest BCUT2D eigenvalue weighted by Crippen LogP contribution is 2.71. The molecule has 3 N–H and O–H groups in total. The largest absolute Gasteiger partial charge is 0.451 e. The molecule has 0 aromatic heterocycles. The van der Waals surface area contributed by atoms with Crippen molar-refractivity contribution >= 4 is 11.8 Å². The predicted octanol–water partition coefficient (Wildman–Crippen LogP) is 4.06. The highest BCUT2D eigenvalue weighted by atomic mass is 16.6. The summed E-state index contributed by atoms with van der Waals surface area (Å²) in [4.78, 5) is 27.1. The van der Waals surface area contributed by atoms with Gasteiger partial charge in [-0.2, -0.15) is 0 Å². The maximum absolute atomic E-state index is 14.3. The maximum atomic E-state index is 14.3. The maximum Gasteiger partial charge on any atom is 0.331 e. The molecule has 4 aliphatic carbocycles. The molecule has 0 aromatic carbocycles. The second-order valence-corrected chi connectivity index (χ2v) is 12.0. The van der Waals surface area contributed by atoms with Crippen molar-refractivity contribution in [1.82, 2.24) is 0 Å². The summed E-state index contributed by atoms with van der Waals surface area (Å²) in [6.45, 7) is 9.66. The van der Waals surface area contributed by atoms with Crippen LogP contribution in [0.25, 0.3) is 0 Å². The van der Waals surface area contributed by atoms with Crippen molar-refractivity contribution in [3.63, 3.8) is 0 Å². The highest BCUT2D eigenvalue weighted by molar-refractivity contribution is 5.95. The quantitative estimate of drug-likeness (QED) is 0.153. The van der Waals surface area contributed by atoms with Crippen LogP contribution in [0.5, 0.6) is 0 Å². The van der Waals surface area contributed by atoms with E-state index in [0.29, 0.717) is 11.5 Å². The molecule has 0 radical (unpaired) electrons. The number of carbonyl (C=O) groups is 2. The summed E-state index contributed by atoms with van der Waals surface area (Å²) in [5.74, 6) is -1.21. The van der Waals surface area contributed by atoms with Crippen molar-refractivity contribution in [2.45, 2.75) is 84.5 Å². The molecule has 0 amide bonds. The summed E-state index contributed by atoms with van der Waals surface area (Å²) >= 11 is 0. The molecule has 0 heterocycles. The van der Waals surface area contributed by atoms with Gasteiger partial charge in [0.2, 0.25) is 0 Å². The molecular formula is C30H42O6. The van der Waals surface area contributed by atoms with Crippen molar-refractivity contribution in [2.75, 3.05) is 6.61 Å². The Morgan fingerprint density at radius 2 is 1.97 bits per heavy atom. The average molecular weight is 499 g/mol. The summed E-state index contributed by atoms with van der Waals surface area (Å²) in [5.41, 5.74) is -2.79. The van der Waals surface area contributed by atoms with E-state index in [4.69, 9.17) is 4.74 Å². The number of carbonyl (C=O) groups excluding carboxylic acids is 2. The number of ether oxygens (including phenoxy) is 1. The van der Waals surface area contributed by atoms with Gasteiger partial charge >= 0.3 is 5.97 Å². The minimum absolute atomic E-state index is 0.0290. The predicted molar refractivity (Wildman–Crippen MR) is 138 cm³/mol. The molecule has 2 bridgehead atoms. The van der Waals surface area contributed by atoms with Crippen LogP contribution in [-0.4, -0.2) is 51.5 Å². The van der Waals surface area contributed by atoms with Gasteiger partial charge in [0.25, 0.3) is 0 Å². The molecule has 0 aromatic rings. The molecule has 198 valence electrons. The Labute approximate surface area is 214 Å². The molecule has 6 nitrogen and oxygen atoms in total. The Morgan fingerprint density at radius 1 is 1.25 bits per heavy atom. The van der Waals surface area contributed by atoms with E-state index in [2.05, 4.69) is 20.8 Å². The minimum Gasteiger partial charge on any atom is -0.451 e. The van der Waals surface area contributed by atoms with Crippen LogP contribution in [0.3, 0.4) is 0 Å². The summed E-state index contributed by atoms with van der Waals surface area (Å²) in [7, 11) is 0. The first-order valence-corrected chi connectivity index (χ1v) is 13.5. The third kappa shape index (κ3) is 3.88. The zero-order valence-electron chi connectivity index (χ0n) is 22.2. The molecule has 36 heavy (non-hydrogen) atoms. The lowest BCUT2D eigenvalue weighted by molar-refractivity contribution is -0.201. The molecule has 4 rings (SSSR count). The van der Waals surface area contributed by atoms with Crippen molar-refractivity contribution in [3.05, 3.63) is 47.6 Å². The number of fused-ring (bicyclic) bond motifs is 3. The van der Waals surface area contributed by atoms with E-state index in [9.17, 15) is 24.9 Å². The molecule has 2 saturated carbocycles. The van der Waals surface area contributed by atoms with Crippen LogP contribution < -0.4 is 0 Å². The third-order valence-electron chi connectivity index (χ3n) is 9.58. The van der Waals surface area contributed by atoms with Crippen LogP contribution in [0.2, 0.25) is 0 Å². The lowest BCUT2D eigenvalue weighted by Crippen LogP contribution is -2.65. The molecule has 2 fully saturated rings. The zero-order valence-corrected chi connectivity index (χ0v) is 22.2. The Morgan fingerprint density at radius 3 is 2.64 bits per heavy atom. The van der Waals surface area contributed by atoms with E-state index in [1.807, 2.05) is 13.0 Å². The normalized spacial score (nSPS) is 40.8. The molecule has 8 atom stereocenters. The molecule has 6 heteroatoms. The van der Waals surface area contributed by atoms with Crippen molar-refractivity contribution in [3.8, 4) is 0 Å². The van der Waals surface area contributed by atoms with Crippen molar-refractivity contribution in [2.24, 2.45) is 34.5 Å². The van der Waals surface area contributed by atoms with E-state index < -0.39 is 41.7 Å².